The highest BCUT2D eigenvalue weighted by Gasteiger charge is 2.24. The Kier molecular flexibility index (Phi) is 6.25. The zero-order chi connectivity index (χ0) is 16.0. The summed E-state index contributed by atoms with van der Waals surface area (Å²) in [5, 5.41) is 0. The van der Waals surface area contributed by atoms with Gasteiger partial charge < -0.3 is 9.64 Å². The Morgan fingerprint density at radius 1 is 1.33 bits per heavy atom. The van der Waals surface area contributed by atoms with Crippen molar-refractivity contribution in [3.63, 3.8) is 0 Å². The number of amides is 1. The molecule has 1 aromatic rings. The lowest BCUT2D eigenvalue weighted by Gasteiger charge is -2.31. The molecule has 1 amide bonds. The van der Waals surface area contributed by atoms with Gasteiger partial charge in [0.1, 0.15) is 5.75 Å². The highest BCUT2D eigenvalue weighted by molar-refractivity contribution is 5.77. The molecule has 3 nitrogen and oxygen atoms in total. The lowest BCUT2D eigenvalue weighted by molar-refractivity contribution is -0.135. The van der Waals surface area contributed by atoms with E-state index in [4.69, 9.17) is 4.74 Å². The third-order valence-electron chi connectivity index (χ3n) is 3.61. The Morgan fingerprint density at radius 3 is 2.52 bits per heavy atom. The fraction of sp³-hybridized carbons (Fsp3) is 0.611. The number of benzene rings is 1. The first-order chi connectivity index (χ1) is 9.76. The van der Waals surface area contributed by atoms with Crippen molar-refractivity contribution >= 4 is 5.91 Å². The predicted octanol–water partition coefficient (Wildman–Crippen LogP) is 4.26. The van der Waals surface area contributed by atoms with E-state index in [2.05, 4.69) is 34.6 Å². The van der Waals surface area contributed by atoms with Gasteiger partial charge in [0.2, 0.25) is 5.91 Å². The van der Waals surface area contributed by atoms with Crippen LogP contribution in [0.5, 0.6) is 5.75 Å². The first kappa shape index (κ1) is 17.5. The molecule has 1 aromatic carbocycles. The van der Waals surface area contributed by atoms with Crippen LogP contribution in [0.25, 0.3) is 0 Å². The molecule has 0 spiro atoms. The van der Waals surface area contributed by atoms with E-state index in [0.717, 1.165) is 17.7 Å². The molecule has 0 fully saturated rings. The van der Waals surface area contributed by atoms with Crippen LogP contribution in [0.4, 0.5) is 0 Å². The number of carbonyl (C=O) groups is 1. The van der Waals surface area contributed by atoms with Gasteiger partial charge in [-0.05, 0) is 36.5 Å². The van der Waals surface area contributed by atoms with Gasteiger partial charge in [0.25, 0.3) is 0 Å². The normalized spacial score (nSPS) is 12.9. The zero-order valence-electron chi connectivity index (χ0n) is 14.3. The van der Waals surface area contributed by atoms with Crippen molar-refractivity contribution in [3.05, 3.63) is 29.8 Å². The molecule has 3 heteroatoms. The molecule has 0 radical (unpaired) electrons. The molecular formula is C18H29NO2. The first-order valence-corrected chi connectivity index (χ1v) is 7.69. The summed E-state index contributed by atoms with van der Waals surface area (Å²) in [6.07, 6.45) is 1.53. The number of carbonyl (C=O) groups excluding carboxylic acids is 1. The number of rotatable bonds is 6. The summed E-state index contributed by atoms with van der Waals surface area (Å²) in [5.74, 6) is 1.06. The molecule has 1 atom stereocenters. The molecule has 0 aromatic heterocycles. The van der Waals surface area contributed by atoms with Crippen molar-refractivity contribution in [2.75, 3.05) is 7.11 Å². The van der Waals surface area contributed by atoms with Gasteiger partial charge in [0, 0.05) is 19.0 Å². The van der Waals surface area contributed by atoms with E-state index in [-0.39, 0.29) is 17.4 Å². The van der Waals surface area contributed by atoms with E-state index in [0.29, 0.717) is 13.0 Å². The molecular weight excluding hydrogens is 262 g/mol. The van der Waals surface area contributed by atoms with Crippen molar-refractivity contribution in [1.29, 1.82) is 0 Å². The highest BCUT2D eigenvalue weighted by Crippen LogP contribution is 2.23. The molecule has 118 valence electrons. The average Bonchev–Trinajstić information content (AvgIpc) is 2.42. The summed E-state index contributed by atoms with van der Waals surface area (Å²) >= 11 is 0. The Bertz CT molecular complexity index is 463. The topological polar surface area (TPSA) is 29.5 Å². The van der Waals surface area contributed by atoms with E-state index in [9.17, 15) is 4.79 Å². The molecule has 0 aliphatic rings. The Hall–Kier alpha value is -1.51. The van der Waals surface area contributed by atoms with Crippen LogP contribution in [0.1, 0.15) is 53.0 Å². The Morgan fingerprint density at radius 2 is 2.00 bits per heavy atom. The van der Waals surface area contributed by atoms with Gasteiger partial charge in [-0.2, -0.15) is 0 Å². The van der Waals surface area contributed by atoms with Crippen LogP contribution in [-0.4, -0.2) is 24.0 Å². The third kappa shape index (κ3) is 5.78. The van der Waals surface area contributed by atoms with Gasteiger partial charge in [-0.1, -0.05) is 39.8 Å². The van der Waals surface area contributed by atoms with Gasteiger partial charge >= 0.3 is 0 Å². The third-order valence-corrected chi connectivity index (χ3v) is 3.61. The molecule has 21 heavy (non-hydrogen) atoms. The van der Waals surface area contributed by atoms with Crippen LogP contribution in [0.3, 0.4) is 0 Å². The van der Waals surface area contributed by atoms with Gasteiger partial charge in [0.15, 0.2) is 0 Å². The highest BCUT2D eigenvalue weighted by atomic mass is 16.5. The lowest BCUT2D eigenvalue weighted by Crippen LogP contribution is -2.39. The largest absolute Gasteiger partial charge is 0.497 e. The molecule has 0 aliphatic carbocycles. The van der Waals surface area contributed by atoms with E-state index in [1.807, 2.05) is 29.2 Å². The number of methoxy groups -OCH3 is 1. The molecule has 0 saturated carbocycles. The van der Waals surface area contributed by atoms with Crippen LogP contribution in [0, 0.1) is 5.41 Å². The number of ether oxygens (including phenoxy) is 1. The minimum absolute atomic E-state index is 0.0111. The maximum Gasteiger partial charge on any atom is 0.223 e. The molecule has 1 unspecified atom stereocenters. The minimum atomic E-state index is 0.0111. The van der Waals surface area contributed by atoms with Crippen molar-refractivity contribution < 1.29 is 9.53 Å². The van der Waals surface area contributed by atoms with Gasteiger partial charge in [-0.15, -0.1) is 0 Å². The van der Waals surface area contributed by atoms with E-state index in [1.54, 1.807) is 7.11 Å². The van der Waals surface area contributed by atoms with Crippen LogP contribution in [-0.2, 0) is 11.3 Å². The standard InChI is InChI=1S/C18H29NO2/c1-7-14(2)19(17(20)12-18(3,4)5)13-15-9-8-10-16(11-15)21-6/h8-11,14H,7,12-13H2,1-6H3. The molecule has 0 saturated heterocycles. The summed E-state index contributed by atoms with van der Waals surface area (Å²) in [4.78, 5) is 14.6. The molecule has 0 heterocycles. The number of nitrogens with zero attached hydrogens (tertiary/aromatic N) is 1. The summed E-state index contributed by atoms with van der Waals surface area (Å²) in [6.45, 7) is 11.2. The SMILES string of the molecule is CCC(C)N(Cc1cccc(OC)c1)C(=O)CC(C)(C)C. The van der Waals surface area contributed by atoms with Crippen molar-refractivity contribution in [3.8, 4) is 5.75 Å². The molecule has 0 bridgehead atoms. The Labute approximate surface area is 129 Å². The van der Waals surface area contributed by atoms with Crippen LogP contribution in [0.15, 0.2) is 24.3 Å². The number of hydrogen-bond donors (Lipinski definition) is 0. The van der Waals surface area contributed by atoms with Crippen molar-refractivity contribution in [2.45, 2.75) is 60.0 Å². The molecule has 1 rings (SSSR count). The minimum Gasteiger partial charge on any atom is -0.497 e. The number of hydrogen-bond acceptors (Lipinski definition) is 2. The molecule has 0 aliphatic heterocycles. The second kappa shape index (κ2) is 7.48. The summed E-state index contributed by atoms with van der Waals surface area (Å²) in [5.41, 5.74) is 1.12. The maximum absolute atomic E-state index is 12.6. The summed E-state index contributed by atoms with van der Waals surface area (Å²) in [7, 11) is 1.66. The maximum atomic E-state index is 12.6. The van der Waals surface area contributed by atoms with Gasteiger partial charge in [-0.25, -0.2) is 0 Å². The summed E-state index contributed by atoms with van der Waals surface area (Å²) in [6, 6.07) is 8.18. The van der Waals surface area contributed by atoms with Crippen LogP contribution in [0.2, 0.25) is 0 Å². The predicted molar refractivity (Wildman–Crippen MR) is 87.4 cm³/mol. The smallest absolute Gasteiger partial charge is 0.223 e. The first-order valence-electron chi connectivity index (χ1n) is 7.69. The fourth-order valence-corrected chi connectivity index (χ4v) is 2.23. The average molecular weight is 291 g/mol. The van der Waals surface area contributed by atoms with E-state index < -0.39 is 0 Å². The van der Waals surface area contributed by atoms with Crippen molar-refractivity contribution in [2.24, 2.45) is 5.41 Å². The van der Waals surface area contributed by atoms with E-state index >= 15 is 0 Å². The lowest BCUT2D eigenvalue weighted by atomic mass is 9.91. The van der Waals surface area contributed by atoms with Crippen molar-refractivity contribution in [1.82, 2.24) is 4.90 Å². The quantitative estimate of drug-likeness (QED) is 0.784. The van der Waals surface area contributed by atoms with E-state index in [1.165, 1.54) is 0 Å². The second-order valence-corrected chi connectivity index (χ2v) is 6.87. The summed E-state index contributed by atoms with van der Waals surface area (Å²) < 4.78 is 5.26. The molecule has 0 N–H and O–H groups in total. The zero-order valence-corrected chi connectivity index (χ0v) is 14.3. The fourth-order valence-electron chi connectivity index (χ4n) is 2.23. The Balaban J connectivity index is 2.90. The second-order valence-electron chi connectivity index (χ2n) is 6.87. The van der Waals surface area contributed by atoms with Crippen LogP contribution >= 0.6 is 0 Å². The van der Waals surface area contributed by atoms with Gasteiger partial charge in [-0.3, -0.25) is 4.79 Å². The van der Waals surface area contributed by atoms with Crippen LogP contribution < -0.4 is 4.74 Å². The van der Waals surface area contributed by atoms with Gasteiger partial charge in [0.05, 0.1) is 7.11 Å². The monoisotopic (exact) mass is 291 g/mol.